The van der Waals surface area contributed by atoms with Gasteiger partial charge in [0.25, 0.3) is 0 Å². The SMILES string of the molecule is COc1cc(N)ccc1NC(=O)C1CCCCS1(=O)=O. The number of nitrogens with two attached hydrogens (primary N) is 1. The normalized spacial score (nSPS) is 21.1. The van der Waals surface area contributed by atoms with Gasteiger partial charge in [-0.3, -0.25) is 4.79 Å². The number of carbonyl (C=O) groups excluding carboxylic acids is 1. The number of hydrogen-bond donors (Lipinski definition) is 2. The van der Waals surface area contributed by atoms with Gasteiger partial charge in [0.15, 0.2) is 9.84 Å². The Balaban J connectivity index is 2.19. The van der Waals surface area contributed by atoms with Crippen LogP contribution in [-0.4, -0.2) is 32.4 Å². The zero-order valence-corrected chi connectivity index (χ0v) is 12.1. The number of ether oxygens (including phenoxy) is 1. The summed E-state index contributed by atoms with van der Waals surface area (Å²) < 4.78 is 28.9. The molecule has 0 aromatic heterocycles. The Bertz CT molecular complexity index is 613. The van der Waals surface area contributed by atoms with Crippen molar-refractivity contribution in [2.75, 3.05) is 23.9 Å². The van der Waals surface area contributed by atoms with E-state index in [1.165, 1.54) is 7.11 Å². The van der Waals surface area contributed by atoms with Gasteiger partial charge in [0, 0.05) is 11.8 Å². The molecule has 1 aromatic carbocycles. The zero-order chi connectivity index (χ0) is 14.8. The Morgan fingerprint density at radius 3 is 2.80 bits per heavy atom. The number of nitrogen functional groups attached to an aromatic ring is 1. The second-order valence-corrected chi connectivity index (χ2v) is 7.10. The smallest absolute Gasteiger partial charge is 0.242 e. The zero-order valence-electron chi connectivity index (χ0n) is 11.3. The quantitative estimate of drug-likeness (QED) is 0.817. The number of hydrogen-bond acceptors (Lipinski definition) is 5. The van der Waals surface area contributed by atoms with Crippen molar-refractivity contribution in [3.8, 4) is 5.75 Å². The average Bonchev–Trinajstić information content (AvgIpc) is 2.40. The van der Waals surface area contributed by atoms with Crippen LogP contribution in [0.3, 0.4) is 0 Å². The van der Waals surface area contributed by atoms with Gasteiger partial charge in [-0.05, 0) is 25.0 Å². The van der Waals surface area contributed by atoms with Crippen molar-refractivity contribution in [3.63, 3.8) is 0 Å². The van der Waals surface area contributed by atoms with Crippen LogP contribution in [0.25, 0.3) is 0 Å². The summed E-state index contributed by atoms with van der Waals surface area (Å²) in [5.74, 6) is -0.0245. The predicted octanol–water partition coefficient (Wildman–Crippen LogP) is 1.18. The number of carbonyl (C=O) groups is 1. The first-order chi connectivity index (χ1) is 9.44. The van der Waals surface area contributed by atoms with Crippen LogP contribution in [0.15, 0.2) is 18.2 Å². The van der Waals surface area contributed by atoms with Crippen molar-refractivity contribution in [2.24, 2.45) is 0 Å². The van der Waals surface area contributed by atoms with Gasteiger partial charge in [-0.2, -0.15) is 0 Å². The molecule has 110 valence electrons. The lowest BCUT2D eigenvalue weighted by Gasteiger charge is -2.22. The van der Waals surface area contributed by atoms with Gasteiger partial charge in [-0.25, -0.2) is 8.42 Å². The Morgan fingerprint density at radius 2 is 2.15 bits per heavy atom. The first kappa shape index (κ1) is 14.6. The fourth-order valence-corrected chi connectivity index (χ4v) is 4.08. The Morgan fingerprint density at radius 1 is 1.40 bits per heavy atom. The molecule has 3 N–H and O–H groups in total. The number of methoxy groups -OCH3 is 1. The van der Waals surface area contributed by atoms with Crippen molar-refractivity contribution >= 4 is 27.1 Å². The number of amides is 1. The number of benzene rings is 1. The van der Waals surface area contributed by atoms with Crippen molar-refractivity contribution < 1.29 is 17.9 Å². The van der Waals surface area contributed by atoms with E-state index in [-0.39, 0.29) is 5.75 Å². The summed E-state index contributed by atoms with van der Waals surface area (Å²) in [6.45, 7) is 0. The molecule has 1 heterocycles. The Hall–Kier alpha value is -1.76. The predicted molar refractivity (Wildman–Crippen MR) is 77.5 cm³/mol. The third kappa shape index (κ3) is 3.04. The van der Waals surface area contributed by atoms with Gasteiger partial charge in [-0.1, -0.05) is 6.42 Å². The number of nitrogens with one attached hydrogen (secondary N) is 1. The summed E-state index contributed by atoms with van der Waals surface area (Å²) in [5, 5.41) is 1.64. The second-order valence-electron chi connectivity index (χ2n) is 4.80. The largest absolute Gasteiger partial charge is 0.494 e. The van der Waals surface area contributed by atoms with E-state index in [2.05, 4.69) is 5.32 Å². The highest BCUT2D eigenvalue weighted by Crippen LogP contribution is 2.28. The first-order valence-electron chi connectivity index (χ1n) is 6.40. The maximum absolute atomic E-state index is 12.2. The van der Waals surface area contributed by atoms with Gasteiger partial charge in [0.1, 0.15) is 11.0 Å². The topological polar surface area (TPSA) is 98.5 Å². The van der Waals surface area contributed by atoms with Gasteiger partial charge >= 0.3 is 0 Å². The molecule has 0 aliphatic carbocycles. The maximum atomic E-state index is 12.2. The summed E-state index contributed by atoms with van der Waals surface area (Å²) in [6, 6.07) is 4.79. The standard InChI is InChI=1S/C13H18N2O4S/c1-19-11-8-9(14)5-6-10(11)15-13(16)12-4-2-3-7-20(12,17)18/h5-6,8,12H,2-4,7,14H2,1H3,(H,15,16). The molecule has 1 aliphatic heterocycles. The third-order valence-electron chi connectivity index (χ3n) is 3.35. The minimum Gasteiger partial charge on any atom is -0.494 e. The molecule has 2 rings (SSSR count). The van der Waals surface area contributed by atoms with E-state index in [4.69, 9.17) is 10.5 Å². The van der Waals surface area contributed by atoms with Gasteiger partial charge < -0.3 is 15.8 Å². The molecule has 20 heavy (non-hydrogen) atoms. The van der Waals surface area contributed by atoms with Crippen molar-refractivity contribution in [1.29, 1.82) is 0 Å². The van der Waals surface area contributed by atoms with Crippen LogP contribution in [0.4, 0.5) is 11.4 Å². The van der Waals surface area contributed by atoms with Gasteiger partial charge in [-0.15, -0.1) is 0 Å². The summed E-state index contributed by atoms with van der Waals surface area (Å²) in [5.41, 5.74) is 6.56. The Labute approximate surface area is 118 Å². The van der Waals surface area contributed by atoms with E-state index >= 15 is 0 Å². The van der Waals surface area contributed by atoms with E-state index in [9.17, 15) is 13.2 Å². The molecule has 7 heteroatoms. The lowest BCUT2D eigenvalue weighted by molar-refractivity contribution is -0.116. The van der Waals surface area contributed by atoms with Crippen LogP contribution >= 0.6 is 0 Å². The number of sulfone groups is 1. The molecular weight excluding hydrogens is 280 g/mol. The van der Waals surface area contributed by atoms with Crippen molar-refractivity contribution in [3.05, 3.63) is 18.2 Å². The molecule has 0 radical (unpaired) electrons. The molecular formula is C13H18N2O4S. The third-order valence-corrected chi connectivity index (χ3v) is 5.53. The van der Waals surface area contributed by atoms with Crippen molar-refractivity contribution in [2.45, 2.75) is 24.5 Å². The molecule has 1 amide bonds. The number of rotatable bonds is 3. The summed E-state index contributed by atoms with van der Waals surface area (Å²) >= 11 is 0. The van der Waals surface area contributed by atoms with E-state index in [0.29, 0.717) is 30.0 Å². The van der Waals surface area contributed by atoms with Crippen molar-refractivity contribution in [1.82, 2.24) is 0 Å². The molecule has 0 spiro atoms. The van der Waals surface area contributed by atoms with Crippen LogP contribution in [-0.2, 0) is 14.6 Å². The number of anilines is 2. The monoisotopic (exact) mass is 298 g/mol. The van der Waals surface area contributed by atoms with Gasteiger partial charge in [0.2, 0.25) is 5.91 Å². The molecule has 1 aromatic rings. The minimum atomic E-state index is -3.35. The van der Waals surface area contributed by atoms with E-state index in [1.54, 1.807) is 18.2 Å². The highest BCUT2D eigenvalue weighted by molar-refractivity contribution is 7.92. The first-order valence-corrected chi connectivity index (χ1v) is 8.11. The second kappa shape index (κ2) is 5.70. The average molecular weight is 298 g/mol. The van der Waals surface area contributed by atoms with Crippen LogP contribution < -0.4 is 15.8 Å². The van der Waals surface area contributed by atoms with Crippen LogP contribution in [0, 0.1) is 0 Å². The van der Waals surface area contributed by atoms with Crippen LogP contribution in [0.5, 0.6) is 5.75 Å². The lowest BCUT2D eigenvalue weighted by Crippen LogP contribution is -2.39. The van der Waals surface area contributed by atoms with Gasteiger partial charge in [0.05, 0.1) is 18.6 Å². The lowest BCUT2D eigenvalue weighted by atomic mass is 10.1. The molecule has 1 saturated heterocycles. The van der Waals surface area contributed by atoms with E-state index in [1.807, 2.05) is 0 Å². The Kier molecular flexibility index (Phi) is 4.17. The molecule has 1 fully saturated rings. The molecule has 0 saturated carbocycles. The highest BCUT2D eigenvalue weighted by atomic mass is 32.2. The van der Waals surface area contributed by atoms with Crippen LogP contribution in [0.2, 0.25) is 0 Å². The van der Waals surface area contributed by atoms with E-state index < -0.39 is 21.0 Å². The molecule has 0 bridgehead atoms. The van der Waals surface area contributed by atoms with E-state index in [0.717, 1.165) is 6.42 Å². The molecule has 1 unspecified atom stereocenters. The minimum absolute atomic E-state index is 0.0734. The highest BCUT2D eigenvalue weighted by Gasteiger charge is 2.35. The fourth-order valence-electron chi connectivity index (χ4n) is 2.27. The summed E-state index contributed by atoms with van der Waals surface area (Å²) in [6.07, 6.45) is 1.74. The summed E-state index contributed by atoms with van der Waals surface area (Å²) in [4.78, 5) is 12.2. The fraction of sp³-hybridized carbons (Fsp3) is 0.462. The van der Waals surface area contributed by atoms with Crippen LogP contribution in [0.1, 0.15) is 19.3 Å². The molecule has 6 nitrogen and oxygen atoms in total. The maximum Gasteiger partial charge on any atom is 0.242 e. The summed E-state index contributed by atoms with van der Waals surface area (Å²) in [7, 11) is -1.89. The molecule has 1 aliphatic rings. The molecule has 1 atom stereocenters.